The molecule has 1 rings (SSSR count). The van der Waals surface area contributed by atoms with Crippen LogP contribution in [0.1, 0.15) is 12.5 Å². The Labute approximate surface area is 98.3 Å². The third-order valence-corrected chi connectivity index (χ3v) is 2.37. The van der Waals surface area contributed by atoms with Gasteiger partial charge in [0.2, 0.25) is 0 Å². The Kier molecular flexibility index (Phi) is 4.71. The largest absolute Gasteiger partial charge is 0.461 e. The first-order valence-electron chi connectivity index (χ1n) is 4.86. The summed E-state index contributed by atoms with van der Waals surface area (Å²) in [5, 5.41) is 0.329. The molecule has 0 amide bonds. The molecule has 16 heavy (non-hydrogen) atoms. The number of nitrogens with two attached hydrogens (primary N) is 1. The zero-order valence-corrected chi connectivity index (χ0v) is 9.63. The highest BCUT2D eigenvalue weighted by molar-refractivity contribution is 6.31. The lowest BCUT2D eigenvalue weighted by Crippen LogP contribution is -2.23. The molecule has 0 heterocycles. The number of ether oxygens (including phenoxy) is 1. The second kappa shape index (κ2) is 5.82. The van der Waals surface area contributed by atoms with E-state index < -0.39 is 5.97 Å². The van der Waals surface area contributed by atoms with Crippen LogP contribution in [0.5, 0.6) is 0 Å². The zero-order chi connectivity index (χ0) is 12.1. The Balaban J connectivity index is 2.62. The van der Waals surface area contributed by atoms with Crippen LogP contribution in [-0.2, 0) is 16.0 Å². The van der Waals surface area contributed by atoms with Crippen LogP contribution in [0.4, 0.5) is 4.39 Å². The molecule has 3 nitrogen and oxygen atoms in total. The normalized spacial score (nSPS) is 12.2. The molecule has 88 valence electrons. The van der Waals surface area contributed by atoms with Crippen molar-refractivity contribution >= 4 is 17.6 Å². The van der Waals surface area contributed by atoms with Crippen LogP contribution in [0.15, 0.2) is 18.2 Å². The second-order valence-corrected chi connectivity index (χ2v) is 3.85. The number of esters is 1. The van der Waals surface area contributed by atoms with Gasteiger partial charge in [-0.1, -0.05) is 17.7 Å². The van der Waals surface area contributed by atoms with Gasteiger partial charge in [0.15, 0.2) is 0 Å². The number of carbonyl (C=O) groups is 1. The molecule has 0 fully saturated rings. The molecule has 0 bridgehead atoms. The van der Waals surface area contributed by atoms with Gasteiger partial charge in [0.1, 0.15) is 11.9 Å². The van der Waals surface area contributed by atoms with Crippen molar-refractivity contribution in [2.45, 2.75) is 19.4 Å². The minimum Gasteiger partial charge on any atom is -0.461 e. The van der Waals surface area contributed by atoms with E-state index in [9.17, 15) is 9.18 Å². The molecule has 0 saturated carbocycles. The molecular weight excluding hydrogens is 233 g/mol. The molecule has 0 radical (unpaired) electrons. The average Bonchev–Trinajstić information content (AvgIpc) is 2.22. The highest BCUT2D eigenvalue weighted by Crippen LogP contribution is 2.19. The second-order valence-electron chi connectivity index (χ2n) is 3.44. The highest BCUT2D eigenvalue weighted by Gasteiger charge is 2.11. The van der Waals surface area contributed by atoms with E-state index >= 15 is 0 Å². The molecule has 0 saturated heterocycles. The summed E-state index contributed by atoms with van der Waals surface area (Å²) in [6, 6.07) is 4.12. The quantitative estimate of drug-likeness (QED) is 0.825. The zero-order valence-electron chi connectivity index (χ0n) is 8.87. The van der Waals surface area contributed by atoms with Crippen molar-refractivity contribution in [1.29, 1.82) is 0 Å². The van der Waals surface area contributed by atoms with Gasteiger partial charge in [0.25, 0.3) is 0 Å². The van der Waals surface area contributed by atoms with Crippen molar-refractivity contribution in [3.63, 3.8) is 0 Å². The minimum absolute atomic E-state index is 0.151. The molecule has 2 N–H and O–H groups in total. The molecule has 1 atom stereocenters. The number of hydrogen-bond donors (Lipinski definition) is 1. The van der Waals surface area contributed by atoms with E-state index in [1.807, 2.05) is 0 Å². The van der Waals surface area contributed by atoms with E-state index in [0.29, 0.717) is 11.4 Å². The first-order valence-corrected chi connectivity index (χ1v) is 5.24. The number of halogens is 2. The van der Waals surface area contributed by atoms with Gasteiger partial charge in [-0.05, 0) is 24.6 Å². The Morgan fingerprint density at radius 3 is 2.88 bits per heavy atom. The molecule has 0 aliphatic rings. The lowest BCUT2D eigenvalue weighted by molar-refractivity contribution is -0.146. The summed E-state index contributed by atoms with van der Waals surface area (Å²) in [6.07, 6.45) is 0.101. The number of benzene rings is 1. The van der Waals surface area contributed by atoms with E-state index in [-0.39, 0.29) is 18.5 Å². The first-order chi connectivity index (χ1) is 7.52. The van der Waals surface area contributed by atoms with Crippen LogP contribution in [0.2, 0.25) is 5.02 Å². The SMILES string of the molecule is CC(Cc1ccc(F)cc1Cl)OC(=O)CN. The van der Waals surface area contributed by atoms with Crippen molar-refractivity contribution in [2.24, 2.45) is 5.73 Å². The van der Waals surface area contributed by atoms with Crippen LogP contribution < -0.4 is 5.73 Å². The highest BCUT2D eigenvalue weighted by atomic mass is 35.5. The summed E-state index contributed by atoms with van der Waals surface area (Å²) in [6.45, 7) is 1.58. The van der Waals surface area contributed by atoms with E-state index in [4.69, 9.17) is 22.1 Å². The standard InChI is InChI=1S/C11H13ClFNO2/c1-7(16-11(15)6-14)4-8-2-3-9(13)5-10(8)12/h2-3,5,7H,4,6,14H2,1H3. The molecule has 0 aromatic heterocycles. The van der Waals surface area contributed by atoms with Crippen LogP contribution in [0.3, 0.4) is 0 Å². The van der Waals surface area contributed by atoms with Crippen LogP contribution in [-0.4, -0.2) is 18.6 Å². The van der Waals surface area contributed by atoms with Gasteiger partial charge in [0, 0.05) is 11.4 Å². The van der Waals surface area contributed by atoms with E-state index in [0.717, 1.165) is 5.56 Å². The van der Waals surface area contributed by atoms with E-state index in [2.05, 4.69) is 0 Å². The van der Waals surface area contributed by atoms with Crippen LogP contribution in [0.25, 0.3) is 0 Å². The van der Waals surface area contributed by atoms with Gasteiger partial charge in [-0.15, -0.1) is 0 Å². The van der Waals surface area contributed by atoms with Crippen LogP contribution in [0, 0.1) is 5.82 Å². The molecule has 1 unspecified atom stereocenters. The van der Waals surface area contributed by atoms with Gasteiger partial charge in [-0.3, -0.25) is 4.79 Å². The number of carbonyl (C=O) groups excluding carboxylic acids is 1. The fourth-order valence-corrected chi connectivity index (χ4v) is 1.56. The topological polar surface area (TPSA) is 52.3 Å². The maximum absolute atomic E-state index is 12.8. The average molecular weight is 246 g/mol. The monoisotopic (exact) mass is 245 g/mol. The fraction of sp³-hybridized carbons (Fsp3) is 0.364. The summed E-state index contributed by atoms with van der Waals surface area (Å²) in [7, 11) is 0. The van der Waals surface area contributed by atoms with Gasteiger partial charge in [-0.25, -0.2) is 4.39 Å². The van der Waals surface area contributed by atoms with Crippen molar-refractivity contribution < 1.29 is 13.9 Å². The smallest absolute Gasteiger partial charge is 0.319 e. The predicted molar refractivity (Wildman–Crippen MR) is 59.7 cm³/mol. The molecule has 1 aromatic rings. The third kappa shape index (κ3) is 3.79. The molecule has 1 aromatic carbocycles. The van der Waals surface area contributed by atoms with Gasteiger partial charge >= 0.3 is 5.97 Å². The third-order valence-electron chi connectivity index (χ3n) is 2.02. The summed E-state index contributed by atoms with van der Waals surface area (Å²) in [5.41, 5.74) is 5.85. The predicted octanol–water partition coefficient (Wildman–Crippen LogP) is 1.91. The van der Waals surface area contributed by atoms with Crippen LogP contribution >= 0.6 is 11.6 Å². The summed E-state index contributed by atoms with van der Waals surface area (Å²) in [5.74, 6) is -0.855. The fourth-order valence-electron chi connectivity index (χ4n) is 1.31. The molecule has 0 aliphatic carbocycles. The van der Waals surface area contributed by atoms with Crippen molar-refractivity contribution in [1.82, 2.24) is 0 Å². The van der Waals surface area contributed by atoms with E-state index in [1.165, 1.54) is 12.1 Å². The number of rotatable bonds is 4. The summed E-state index contributed by atoms with van der Waals surface area (Å²) in [4.78, 5) is 10.9. The van der Waals surface area contributed by atoms with Crippen molar-refractivity contribution in [2.75, 3.05) is 6.54 Å². The number of hydrogen-bond acceptors (Lipinski definition) is 3. The van der Waals surface area contributed by atoms with Gasteiger partial charge < -0.3 is 10.5 Å². The molecular formula is C11H13ClFNO2. The van der Waals surface area contributed by atoms with Gasteiger partial charge in [-0.2, -0.15) is 0 Å². The summed E-state index contributed by atoms with van der Waals surface area (Å²) < 4.78 is 17.7. The molecule has 5 heteroatoms. The Morgan fingerprint density at radius 2 is 2.31 bits per heavy atom. The van der Waals surface area contributed by atoms with E-state index in [1.54, 1.807) is 13.0 Å². The maximum Gasteiger partial charge on any atom is 0.319 e. The van der Waals surface area contributed by atoms with Crippen molar-refractivity contribution in [3.05, 3.63) is 34.6 Å². The molecule has 0 aliphatic heterocycles. The Bertz CT molecular complexity index is 384. The van der Waals surface area contributed by atoms with Crippen molar-refractivity contribution in [3.8, 4) is 0 Å². The lowest BCUT2D eigenvalue weighted by Gasteiger charge is -2.13. The van der Waals surface area contributed by atoms with Gasteiger partial charge in [0.05, 0.1) is 6.54 Å². The Hall–Kier alpha value is -1.13. The first kappa shape index (κ1) is 12.9. The maximum atomic E-state index is 12.8. The summed E-state index contributed by atoms with van der Waals surface area (Å²) >= 11 is 5.84. The lowest BCUT2D eigenvalue weighted by atomic mass is 10.1. The molecule has 0 spiro atoms. The minimum atomic E-state index is -0.467. The Morgan fingerprint density at radius 1 is 1.62 bits per heavy atom.